The Morgan fingerprint density at radius 3 is 2.56 bits per heavy atom. The van der Waals surface area contributed by atoms with Crippen molar-refractivity contribution in [3.05, 3.63) is 23.5 Å². The predicted octanol–water partition coefficient (Wildman–Crippen LogP) is 2.88. The van der Waals surface area contributed by atoms with Gasteiger partial charge in [0, 0.05) is 24.3 Å². The molecule has 1 heterocycles. The van der Waals surface area contributed by atoms with Crippen LogP contribution >= 0.6 is 10.7 Å². The summed E-state index contributed by atoms with van der Waals surface area (Å²) in [6.07, 6.45) is -0.111. The van der Waals surface area contributed by atoms with Crippen LogP contribution < -0.4 is 5.32 Å². The van der Waals surface area contributed by atoms with Gasteiger partial charge in [-0.25, -0.2) is 18.2 Å². The van der Waals surface area contributed by atoms with Gasteiger partial charge in [-0.05, 0) is 51.8 Å². The van der Waals surface area contributed by atoms with E-state index in [4.69, 9.17) is 15.4 Å². The van der Waals surface area contributed by atoms with Gasteiger partial charge in [0.2, 0.25) is 0 Å². The highest BCUT2D eigenvalue weighted by molar-refractivity contribution is 8.13. The number of hydrogen-bond donors (Lipinski definition) is 1. The summed E-state index contributed by atoms with van der Waals surface area (Å²) in [5.41, 5.74) is 1.51. The van der Waals surface area contributed by atoms with Gasteiger partial charge in [-0.2, -0.15) is 0 Å². The van der Waals surface area contributed by atoms with Crippen molar-refractivity contribution in [2.45, 2.75) is 44.6 Å². The number of alkyl carbamates (subject to hydrolysis) is 1. The largest absolute Gasteiger partial charge is 0.444 e. The number of carbonyl (C=O) groups is 1. The van der Waals surface area contributed by atoms with E-state index in [1.165, 1.54) is 12.1 Å². The van der Waals surface area contributed by atoms with Gasteiger partial charge in [0.05, 0.1) is 15.9 Å². The third kappa shape index (κ3) is 4.85. The van der Waals surface area contributed by atoms with Crippen LogP contribution in [0.5, 0.6) is 0 Å². The minimum absolute atomic E-state index is 0.00738. The van der Waals surface area contributed by atoms with E-state index < -0.39 is 20.7 Å². The van der Waals surface area contributed by atoms with Crippen LogP contribution in [-0.4, -0.2) is 36.2 Å². The SMILES string of the molecule is Cc1nc2cc(S(=O)(=O)Cl)cc(CCNC(=O)OC(C)(C)C)c2n1C. The Morgan fingerprint density at radius 1 is 1.36 bits per heavy atom. The number of aromatic nitrogens is 2. The molecule has 2 rings (SSSR count). The molecule has 7 nitrogen and oxygen atoms in total. The summed E-state index contributed by atoms with van der Waals surface area (Å²) in [6.45, 7) is 7.47. The van der Waals surface area contributed by atoms with Crippen LogP contribution in [0.1, 0.15) is 32.2 Å². The van der Waals surface area contributed by atoms with E-state index in [1.54, 1.807) is 20.8 Å². The molecule has 0 bridgehead atoms. The lowest BCUT2D eigenvalue weighted by Crippen LogP contribution is -2.33. The summed E-state index contributed by atoms with van der Waals surface area (Å²) < 4.78 is 30.5. The molecule has 1 amide bonds. The number of benzene rings is 1. The van der Waals surface area contributed by atoms with Crippen molar-refractivity contribution in [1.29, 1.82) is 0 Å². The second-order valence-electron chi connectivity index (χ2n) is 6.78. The first-order valence-electron chi connectivity index (χ1n) is 7.76. The first-order valence-corrected chi connectivity index (χ1v) is 10.1. The Morgan fingerprint density at radius 2 is 2.00 bits per heavy atom. The number of ether oxygens (including phenoxy) is 1. The molecule has 1 aromatic heterocycles. The second-order valence-corrected chi connectivity index (χ2v) is 9.35. The highest BCUT2D eigenvalue weighted by atomic mass is 35.7. The summed E-state index contributed by atoms with van der Waals surface area (Å²) in [5, 5.41) is 2.66. The molecule has 0 aliphatic carbocycles. The lowest BCUT2D eigenvalue weighted by Gasteiger charge is -2.19. The minimum atomic E-state index is -3.87. The van der Waals surface area contributed by atoms with E-state index in [2.05, 4.69) is 10.3 Å². The molecule has 138 valence electrons. The van der Waals surface area contributed by atoms with Crippen molar-refractivity contribution in [1.82, 2.24) is 14.9 Å². The molecule has 2 aromatic rings. The first-order chi connectivity index (χ1) is 11.4. The topological polar surface area (TPSA) is 90.3 Å². The van der Waals surface area contributed by atoms with E-state index in [0.29, 0.717) is 18.5 Å². The third-order valence-corrected chi connectivity index (χ3v) is 4.92. The molecular weight excluding hydrogens is 366 g/mol. The number of halogens is 1. The fourth-order valence-electron chi connectivity index (χ4n) is 2.48. The van der Waals surface area contributed by atoms with Crippen molar-refractivity contribution in [3.63, 3.8) is 0 Å². The number of rotatable bonds is 4. The van der Waals surface area contributed by atoms with E-state index in [9.17, 15) is 13.2 Å². The first kappa shape index (κ1) is 19.5. The maximum Gasteiger partial charge on any atom is 0.407 e. The number of fused-ring (bicyclic) bond motifs is 1. The fraction of sp³-hybridized carbons (Fsp3) is 0.500. The van der Waals surface area contributed by atoms with Gasteiger partial charge < -0.3 is 14.6 Å². The number of amides is 1. The Labute approximate surface area is 151 Å². The number of nitrogens with one attached hydrogen (secondary N) is 1. The van der Waals surface area contributed by atoms with E-state index in [1.807, 2.05) is 18.5 Å². The number of hydrogen-bond acceptors (Lipinski definition) is 5. The smallest absolute Gasteiger partial charge is 0.407 e. The molecule has 0 spiro atoms. The van der Waals surface area contributed by atoms with Crippen molar-refractivity contribution in [3.8, 4) is 0 Å². The molecule has 0 atom stereocenters. The molecule has 1 aromatic carbocycles. The Balaban J connectivity index is 2.28. The van der Waals surface area contributed by atoms with Crippen molar-refractivity contribution in [2.24, 2.45) is 7.05 Å². The van der Waals surface area contributed by atoms with E-state index in [0.717, 1.165) is 16.9 Å². The van der Waals surface area contributed by atoms with Gasteiger partial charge in [0.15, 0.2) is 0 Å². The standard InChI is InChI=1S/C16H22ClN3O4S/c1-10-19-13-9-12(25(17,22)23)8-11(14(13)20(10)5)6-7-18-15(21)24-16(2,3)4/h8-9H,6-7H2,1-5H3,(H,18,21). The Bertz CT molecular complexity index is 914. The third-order valence-electron chi connectivity index (χ3n) is 3.59. The van der Waals surface area contributed by atoms with Crippen molar-refractivity contribution < 1.29 is 17.9 Å². The van der Waals surface area contributed by atoms with Crippen LogP contribution in [0.4, 0.5) is 4.79 Å². The van der Waals surface area contributed by atoms with Crippen molar-refractivity contribution >= 4 is 36.9 Å². The maximum absolute atomic E-state index is 11.7. The van der Waals surface area contributed by atoms with Crippen LogP contribution in [-0.2, 0) is 27.3 Å². The quantitative estimate of drug-likeness (QED) is 0.814. The number of imidazole rings is 1. The zero-order valence-electron chi connectivity index (χ0n) is 14.9. The Kier molecular flexibility index (Phi) is 5.34. The highest BCUT2D eigenvalue weighted by Crippen LogP contribution is 2.26. The van der Waals surface area contributed by atoms with Gasteiger partial charge in [-0.15, -0.1) is 0 Å². The molecule has 1 N–H and O–H groups in total. The number of carbonyl (C=O) groups excluding carboxylic acids is 1. The molecule has 9 heteroatoms. The molecular formula is C16H22ClN3O4S. The van der Waals surface area contributed by atoms with Gasteiger partial charge in [0.25, 0.3) is 9.05 Å². The summed E-state index contributed by atoms with van der Waals surface area (Å²) in [7, 11) is 3.46. The van der Waals surface area contributed by atoms with Gasteiger partial charge >= 0.3 is 6.09 Å². The predicted molar refractivity (Wildman–Crippen MR) is 96.4 cm³/mol. The summed E-state index contributed by atoms with van der Waals surface area (Å²) in [5.74, 6) is 0.750. The fourth-order valence-corrected chi connectivity index (χ4v) is 3.28. The molecule has 25 heavy (non-hydrogen) atoms. The van der Waals surface area contributed by atoms with Crippen LogP contribution in [0.2, 0.25) is 0 Å². The molecule has 0 aliphatic heterocycles. The maximum atomic E-state index is 11.7. The normalized spacial score (nSPS) is 12.4. The van der Waals surface area contributed by atoms with Gasteiger partial charge in [-0.1, -0.05) is 0 Å². The number of aryl methyl sites for hydroxylation is 2. The molecule has 0 unspecified atom stereocenters. The summed E-state index contributed by atoms with van der Waals surface area (Å²) >= 11 is 0. The van der Waals surface area contributed by atoms with Crippen LogP contribution in [0.15, 0.2) is 17.0 Å². The van der Waals surface area contributed by atoms with E-state index >= 15 is 0 Å². The molecule has 0 fully saturated rings. The minimum Gasteiger partial charge on any atom is -0.444 e. The van der Waals surface area contributed by atoms with Crippen LogP contribution in [0.3, 0.4) is 0 Å². The van der Waals surface area contributed by atoms with Gasteiger partial charge in [-0.3, -0.25) is 0 Å². The van der Waals surface area contributed by atoms with E-state index in [-0.39, 0.29) is 4.90 Å². The Hall–Kier alpha value is -1.80. The monoisotopic (exact) mass is 387 g/mol. The number of nitrogens with zero attached hydrogens (tertiary/aromatic N) is 2. The molecule has 0 saturated heterocycles. The average Bonchev–Trinajstić information content (AvgIpc) is 2.71. The van der Waals surface area contributed by atoms with Crippen LogP contribution in [0.25, 0.3) is 11.0 Å². The molecule has 0 aliphatic rings. The summed E-state index contributed by atoms with van der Waals surface area (Å²) in [6, 6.07) is 2.97. The molecule has 0 saturated carbocycles. The second kappa shape index (κ2) is 6.84. The average molecular weight is 388 g/mol. The lowest BCUT2D eigenvalue weighted by atomic mass is 10.1. The molecule has 0 radical (unpaired) electrons. The zero-order valence-corrected chi connectivity index (χ0v) is 16.5. The summed E-state index contributed by atoms with van der Waals surface area (Å²) in [4.78, 5) is 16.1. The lowest BCUT2D eigenvalue weighted by molar-refractivity contribution is 0.0528. The zero-order chi connectivity index (χ0) is 19.0. The van der Waals surface area contributed by atoms with Gasteiger partial charge in [0.1, 0.15) is 11.4 Å². The van der Waals surface area contributed by atoms with Crippen LogP contribution in [0, 0.1) is 6.92 Å². The highest BCUT2D eigenvalue weighted by Gasteiger charge is 2.19. The van der Waals surface area contributed by atoms with Crippen molar-refractivity contribution in [2.75, 3.05) is 6.54 Å².